The Morgan fingerprint density at radius 3 is 2.47 bits per heavy atom. The van der Waals surface area contributed by atoms with Gasteiger partial charge in [0.2, 0.25) is 0 Å². The Labute approximate surface area is 95.8 Å². The molecule has 0 aliphatic heterocycles. The van der Waals surface area contributed by atoms with Gasteiger partial charge in [0.1, 0.15) is 0 Å². The van der Waals surface area contributed by atoms with Crippen molar-refractivity contribution in [1.82, 2.24) is 0 Å². The van der Waals surface area contributed by atoms with Crippen LogP contribution in [0.1, 0.15) is 37.3 Å². The minimum atomic E-state index is 0.181. The van der Waals surface area contributed by atoms with Crippen LogP contribution in [0.25, 0.3) is 0 Å². The average molecular weight is 222 g/mol. The summed E-state index contributed by atoms with van der Waals surface area (Å²) in [5, 5.41) is 7.31. The van der Waals surface area contributed by atoms with Crippen molar-refractivity contribution in [3.63, 3.8) is 0 Å². The number of benzene rings is 1. The number of hydrogen-bond donors (Lipinski definition) is 2. The lowest BCUT2D eigenvalue weighted by molar-refractivity contribution is 0.733. The van der Waals surface area contributed by atoms with E-state index in [-0.39, 0.29) is 5.17 Å². The van der Waals surface area contributed by atoms with Gasteiger partial charge in [-0.15, -0.1) is 0 Å². The van der Waals surface area contributed by atoms with Crippen molar-refractivity contribution in [2.75, 3.05) is 0 Å². The molecule has 0 unspecified atom stereocenters. The summed E-state index contributed by atoms with van der Waals surface area (Å²) in [4.78, 5) is 0. The summed E-state index contributed by atoms with van der Waals surface area (Å²) in [6, 6.07) is 8.59. The lowest BCUT2D eigenvalue weighted by Gasteiger charge is -2.09. The first kappa shape index (κ1) is 12.1. The summed E-state index contributed by atoms with van der Waals surface area (Å²) in [6.07, 6.45) is 1.17. The fraction of sp³-hybridized carbons (Fsp3) is 0.417. The highest BCUT2D eigenvalue weighted by Crippen LogP contribution is 2.20. The molecule has 0 bridgehead atoms. The topological polar surface area (TPSA) is 49.9 Å². The second-order valence-electron chi connectivity index (χ2n) is 3.70. The Morgan fingerprint density at radius 1 is 1.40 bits per heavy atom. The van der Waals surface area contributed by atoms with Crippen molar-refractivity contribution in [2.24, 2.45) is 5.73 Å². The smallest absolute Gasteiger partial charge is 0.151 e. The molecular formula is C12H18N2S. The maximum Gasteiger partial charge on any atom is 0.151 e. The van der Waals surface area contributed by atoms with Crippen LogP contribution < -0.4 is 5.73 Å². The monoisotopic (exact) mass is 222 g/mol. The number of rotatable bonds is 4. The van der Waals surface area contributed by atoms with Crippen molar-refractivity contribution < 1.29 is 0 Å². The molecule has 0 aromatic heterocycles. The first-order valence-electron chi connectivity index (χ1n) is 5.19. The molecule has 82 valence electrons. The molecule has 1 aromatic carbocycles. The van der Waals surface area contributed by atoms with Crippen molar-refractivity contribution in [3.05, 3.63) is 35.4 Å². The molecule has 1 aromatic rings. The first-order chi connectivity index (χ1) is 7.13. The average Bonchev–Trinajstić information content (AvgIpc) is 2.26. The van der Waals surface area contributed by atoms with E-state index < -0.39 is 0 Å². The standard InChI is InChI=1S/C12H18N2S/c1-3-9(2)11-6-4-10(5-7-11)8-15-12(13)14/h4-7,9H,3,8H2,1-2H3,(H3,13,14)/t9-/m1/s1. The number of thioether (sulfide) groups is 1. The van der Waals surface area contributed by atoms with Gasteiger partial charge in [0.25, 0.3) is 0 Å². The van der Waals surface area contributed by atoms with Crippen LogP contribution in [0.2, 0.25) is 0 Å². The summed E-state index contributed by atoms with van der Waals surface area (Å²) in [5.41, 5.74) is 7.89. The lowest BCUT2D eigenvalue weighted by Crippen LogP contribution is -2.03. The normalized spacial score (nSPS) is 12.4. The molecule has 0 aliphatic rings. The van der Waals surface area contributed by atoms with Crippen LogP contribution in [0.3, 0.4) is 0 Å². The van der Waals surface area contributed by atoms with Crippen molar-refractivity contribution in [2.45, 2.75) is 31.9 Å². The van der Waals surface area contributed by atoms with Gasteiger partial charge in [-0.25, -0.2) is 0 Å². The lowest BCUT2D eigenvalue weighted by atomic mass is 9.98. The van der Waals surface area contributed by atoms with E-state index in [4.69, 9.17) is 11.1 Å². The van der Waals surface area contributed by atoms with Crippen LogP contribution in [0.5, 0.6) is 0 Å². The Hall–Kier alpha value is -0.960. The van der Waals surface area contributed by atoms with E-state index >= 15 is 0 Å². The van der Waals surface area contributed by atoms with E-state index in [1.165, 1.54) is 29.3 Å². The number of nitrogens with two attached hydrogens (primary N) is 1. The minimum absolute atomic E-state index is 0.181. The molecular weight excluding hydrogens is 204 g/mol. The van der Waals surface area contributed by atoms with Gasteiger partial charge in [0, 0.05) is 5.75 Å². The Morgan fingerprint density at radius 2 is 2.00 bits per heavy atom. The molecule has 3 heteroatoms. The number of nitrogens with one attached hydrogen (secondary N) is 1. The first-order valence-corrected chi connectivity index (χ1v) is 6.17. The summed E-state index contributed by atoms with van der Waals surface area (Å²) in [7, 11) is 0. The van der Waals surface area contributed by atoms with Gasteiger partial charge in [0.15, 0.2) is 5.17 Å². The van der Waals surface area contributed by atoms with Gasteiger partial charge in [-0.2, -0.15) is 0 Å². The number of hydrogen-bond acceptors (Lipinski definition) is 2. The fourth-order valence-corrected chi connectivity index (χ4v) is 1.85. The largest absolute Gasteiger partial charge is 0.379 e. The van der Waals surface area contributed by atoms with E-state index in [0.29, 0.717) is 5.92 Å². The third kappa shape index (κ3) is 3.96. The molecule has 0 saturated carbocycles. The van der Waals surface area contributed by atoms with Crippen molar-refractivity contribution >= 4 is 16.9 Å². The van der Waals surface area contributed by atoms with Crippen molar-refractivity contribution in [3.8, 4) is 0 Å². The van der Waals surface area contributed by atoms with Crippen LogP contribution in [-0.4, -0.2) is 5.17 Å². The SMILES string of the molecule is CC[C@@H](C)c1ccc(CSC(=N)N)cc1. The van der Waals surface area contributed by atoms with Crippen LogP contribution in [0.15, 0.2) is 24.3 Å². The molecule has 0 radical (unpaired) electrons. The molecule has 0 aliphatic carbocycles. The molecule has 0 amide bonds. The quantitative estimate of drug-likeness (QED) is 0.606. The highest BCUT2D eigenvalue weighted by Gasteiger charge is 2.02. The molecule has 1 atom stereocenters. The van der Waals surface area contributed by atoms with Gasteiger partial charge >= 0.3 is 0 Å². The second kappa shape index (κ2) is 5.81. The van der Waals surface area contributed by atoms with E-state index in [0.717, 1.165) is 5.75 Å². The maximum absolute atomic E-state index is 7.12. The predicted octanol–water partition coefficient (Wildman–Crippen LogP) is 3.33. The van der Waals surface area contributed by atoms with E-state index in [9.17, 15) is 0 Å². The molecule has 0 spiro atoms. The van der Waals surface area contributed by atoms with Crippen LogP contribution in [0.4, 0.5) is 0 Å². The van der Waals surface area contributed by atoms with Crippen LogP contribution >= 0.6 is 11.8 Å². The summed E-state index contributed by atoms with van der Waals surface area (Å²) >= 11 is 1.37. The van der Waals surface area contributed by atoms with E-state index in [1.54, 1.807) is 0 Å². The van der Waals surface area contributed by atoms with Crippen LogP contribution in [-0.2, 0) is 5.75 Å². The van der Waals surface area contributed by atoms with Crippen molar-refractivity contribution in [1.29, 1.82) is 5.41 Å². The molecule has 15 heavy (non-hydrogen) atoms. The zero-order valence-corrected chi connectivity index (χ0v) is 10.1. The van der Waals surface area contributed by atoms with E-state index in [1.807, 2.05) is 0 Å². The zero-order chi connectivity index (χ0) is 11.3. The third-order valence-corrected chi connectivity index (χ3v) is 3.34. The Balaban J connectivity index is 2.60. The molecule has 2 nitrogen and oxygen atoms in total. The zero-order valence-electron chi connectivity index (χ0n) is 9.29. The molecule has 3 N–H and O–H groups in total. The Kier molecular flexibility index (Phi) is 4.69. The van der Waals surface area contributed by atoms with E-state index in [2.05, 4.69) is 38.1 Å². The number of amidine groups is 1. The molecule has 0 fully saturated rings. The molecule has 1 rings (SSSR count). The van der Waals surface area contributed by atoms with Gasteiger partial charge in [0.05, 0.1) is 0 Å². The molecule has 0 heterocycles. The summed E-state index contributed by atoms with van der Waals surface area (Å²) in [5.74, 6) is 1.41. The highest BCUT2D eigenvalue weighted by atomic mass is 32.2. The Bertz CT molecular complexity index is 319. The van der Waals surface area contributed by atoms with Gasteiger partial charge in [-0.05, 0) is 23.5 Å². The third-order valence-electron chi connectivity index (χ3n) is 2.56. The van der Waals surface area contributed by atoms with Crippen LogP contribution in [0, 0.1) is 5.41 Å². The van der Waals surface area contributed by atoms with Gasteiger partial charge < -0.3 is 5.73 Å². The molecule has 0 saturated heterocycles. The fourth-order valence-electron chi connectivity index (χ4n) is 1.34. The minimum Gasteiger partial charge on any atom is -0.379 e. The second-order valence-corrected chi connectivity index (χ2v) is 4.72. The van der Waals surface area contributed by atoms with Gasteiger partial charge in [-0.1, -0.05) is 49.9 Å². The highest BCUT2D eigenvalue weighted by molar-refractivity contribution is 8.13. The summed E-state index contributed by atoms with van der Waals surface area (Å²) < 4.78 is 0. The maximum atomic E-state index is 7.12. The van der Waals surface area contributed by atoms with Gasteiger partial charge in [-0.3, -0.25) is 5.41 Å². The summed E-state index contributed by atoms with van der Waals surface area (Å²) in [6.45, 7) is 4.43. The predicted molar refractivity (Wildman–Crippen MR) is 68.4 cm³/mol.